The molecule has 0 radical (unpaired) electrons. The Morgan fingerprint density at radius 3 is 2.76 bits per heavy atom. The maximum atomic E-state index is 4.23. The molecule has 0 amide bonds. The summed E-state index contributed by atoms with van der Waals surface area (Å²) in [6, 6.07) is 8.40. The van der Waals surface area contributed by atoms with Crippen LogP contribution in [0.5, 0.6) is 0 Å². The first-order valence-corrected chi connectivity index (χ1v) is 5.76. The van der Waals surface area contributed by atoms with Gasteiger partial charge in [-0.25, -0.2) is 0 Å². The molecule has 1 N–H and O–H groups in total. The number of hydrogen-bond donors (Lipinski definition) is 1. The maximum Gasteiger partial charge on any atom is 0.193 e. The lowest BCUT2D eigenvalue weighted by Crippen LogP contribution is -2.38. The predicted octanol–water partition coefficient (Wildman–Crippen LogP) is 2.19. The van der Waals surface area contributed by atoms with Crippen LogP contribution in [0.1, 0.15) is 11.1 Å². The van der Waals surface area contributed by atoms with Gasteiger partial charge < -0.3 is 10.2 Å². The van der Waals surface area contributed by atoms with Gasteiger partial charge in [-0.05, 0) is 18.1 Å². The highest BCUT2D eigenvalue weighted by Crippen LogP contribution is 2.09. The minimum atomic E-state index is 0.727. The Labute approximate surface area is 104 Å². The summed E-state index contributed by atoms with van der Waals surface area (Å²) >= 11 is 0. The van der Waals surface area contributed by atoms with Crippen LogP contribution in [0, 0.1) is 6.92 Å². The van der Waals surface area contributed by atoms with E-state index in [1.807, 2.05) is 13.1 Å². The topological polar surface area (TPSA) is 27.6 Å². The molecule has 0 unspecified atom stereocenters. The number of aryl methyl sites for hydroxylation is 1. The number of hydrogen-bond acceptors (Lipinski definition) is 1. The van der Waals surface area contributed by atoms with E-state index in [2.05, 4.69) is 53.0 Å². The van der Waals surface area contributed by atoms with Crippen molar-refractivity contribution < 1.29 is 0 Å². The molecule has 17 heavy (non-hydrogen) atoms. The van der Waals surface area contributed by atoms with Gasteiger partial charge in [-0.15, -0.1) is 6.58 Å². The highest BCUT2D eigenvalue weighted by atomic mass is 15.3. The lowest BCUT2D eigenvalue weighted by Gasteiger charge is -2.22. The average molecular weight is 231 g/mol. The van der Waals surface area contributed by atoms with E-state index in [1.165, 1.54) is 11.1 Å². The minimum Gasteiger partial charge on any atom is -0.353 e. The van der Waals surface area contributed by atoms with Crippen molar-refractivity contribution in [1.82, 2.24) is 10.2 Å². The number of nitrogens with one attached hydrogen (secondary N) is 1. The van der Waals surface area contributed by atoms with E-state index in [1.54, 1.807) is 7.05 Å². The third-order valence-electron chi connectivity index (χ3n) is 2.65. The first kappa shape index (κ1) is 13.3. The zero-order valence-electron chi connectivity index (χ0n) is 10.9. The van der Waals surface area contributed by atoms with E-state index in [0.29, 0.717) is 0 Å². The third-order valence-corrected chi connectivity index (χ3v) is 2.65. The van der Waals surface area contributed by atoms with Gasteiger partial charge in [0.15, 0.2) is 5.96 Å². The zero-order chi connectivity index (χ0) is 12.7. The van der Waals surface area contributed by atoms with Crippen LogP contribution in [-0.4, -0.2) is 31.5 Å². The summed E-state index contributed by atoms with van der Waals surface area (Å²) < 4.78 is 0. The van der Waals surface area contributed by atoms with Gasteiger partial charge in [-0.3, -0.25) is 4.99 Å². The molecule has 0 heterocycles. The smallest absolute Gasteiger partial charge is 0.193 e. The van der Waals surface area contributed by atoms with Crippen LogP contribution < -0.4 is 5.32 Å². The molecule has 0 fully saturated rings. The zero-order valence-corrected chi connectivity index (χ0v) is 10.9. The second-order valence-corrected chi connectivity index (χ2v) is 4.00. The molecular formula is C14H21N3. The fraction of sp³-hybridized carbons (Fsp3) is 0.357. The molecule has 3 nitrogen and oxygen atoms in total. The van der Waals surface area contributed by atoms with E-state index in [-0.39, 0.29) is 0 Å². The first-order chi connectivity index (χ1) is 8.19. The Bertz CT molecular complexity index is 396. The summed E-state index contributed by atoms with van der Waals surface area (Å²) in [6.45, 7) is 7.39. The fourth-order valence-electron chi connectivity index (χ4n) is 1.67. The Morgan fingerprint density at radius 1 is 1.47 bits per heavy atom. The van der Waals surface area contributed by atoms with Gasteiger partial charge in [0, 0.05) is 27.2 Å². The van der Waals surface area contributed by atoms with Crippen molar-refractivity contribution in [1.29, 1.82) is 0 Å². The quantitative estimate of drug-likeness (QED) is 0.488. The largest absolute Gasteiger partial charge is 0.353 e. The predicted molar refractivity (Wildman–Crippen MR) is 74.2 cm³/mol. The summed E-state index contributed by atoms with van der Waals surface area (Å²) in [5.41, 5.74) is 2.62. The van der Waals surface area contributed by atoms with Crippen molar-refractivity contribution in [2.24, 2.45) is 4.99 Å². The normalized spacial score (nSPS) is 11.1. The minimum absolute atomic E-state index is 0.727. The van der Waals surface area contributed by atoms with Crippen LogP contribution in [0.4, 0.5) is 0 Å². The number of rotatable bonds is 4. The Hall–Kier alpha value is -1.77. The van der Waals surface area contributed by atoms with Crippen LogP contribution in [-0.2, 0) is 6.54 Å². The van der Waals surface area contributed by atoms with E-state index in [4.69, 9.17) is 0 Å². The molecule has 1 aromatic rings. The van der Waals surface area contributed by atoms with Crippen molar-refractivity contribution in [3.63, 3.8) is 0 Å². The van der Waals surface area contributed by atoms with Gasteiger partial charge in [0.25, 0.3) is 0 Å². The summed E-state index contributed by atoms with van der Waals surface area (Å²) in [5, 5.41) is 3.22. The number of nitrogens with zero attached hydrogens (tertiary/aromatic N) is 2. The van der Waals surface area contributed by atoms with Gasteiger partial charge in [-0.2, -0.15) is 0 Å². The molecule has 92 valence electrons. The Morgan fingerprint density at radius 2 is 2.18 bits per heavy atom. The first-order valence-electron chi connectivity index (χ1n) is 5.76. The summed E-state index contributed by atoms with van der Waals surface area (Å²) in [5.74, 6) is 0.883. The van der Waals surface area contributed by atoms with E-state index >= 15 is 0 Å². The van der Waals surface area contributed by atoms with Crippen molar-refractivity contribution in [3.8, 4) is 0 Å². The molecule has 0 saturated heterocycles. The molecule has 0 aliphatic rings. The summed E-state index contributed by atoms with van der Waals surface area (Å²) in [6.07, 6.45) is 1.83. The van der Waals surface area contributed by atoms with Crippen LogP contribution >= 0.6 is 0 Å². The molecule has 3 heteroatoms. The SMILES string of the molecule is C=CCNC(=NC)N(C)Cc1ccccc1C. The summed E-state index contributed by atoms with van der Waals surface area (Å²) in [7, 11) is 3.82. The molecular weight excluding hydrogens is 210 g/mol. The van der Waals surface area contributed by atoms with Crippen LogP contribution in [0.2, 0.25) is 0 Å². The molecule has 0 bridgehead atoms. The molecule has 0 aliphatic carbocycles. The van der Waals surface area contributed by atoms with Crippen LogP contribution in [0.25, 0.3) is 0 Å². The molecule has 0 atom stereocenters. The number of aliphatic imine (C=N–C) groups is 1. The van der Waals surface area contributed by atoms with Gasteiger partial charge in [-0.1, -0.05) is 30.3 Å². The number of benzene rings is 1. The molecule has 0 saturated carbocycles. The molecule has 1 aromatic carbocycles. The molecule has 0 aromatic heterocycles. The fourth-order valence-corrected chi connectivity index (χ4v) is 1.67. The Kier molecular flexibility index (Phi) is 5.27. The molecule has 0 aliphatic heterocycles. The van der Waals surface area contributed by atoms with Crippen molar-refractivity contribution in [2.75, 3.05) is 20.6 Å². The van der Waals surface area contributed by atoms with Crippen molar-refractivity contribution >= 4 is 5.96 Å². The van der Waals surface area contributed by atoms with Crippen LogP contribution in [0.15, 0.2) is 41.9 Å². The lowest BCUT2D eigenvalue weighted by molar-refractivity contribution is 0.479. The van der Waals surface area contributed by atoms with Gasteiger partial charge in [0.2, 0.25) is 0 Å². The third kappa shape index (κ3) is 3.94. The second kappa shape index (κ2) is 6.74. The van der Waals surface area contributed by atoms with E-state index in [9.17, 15) is 0 Å². The van der Waals surface area contributed by atoms with Gasteiger partial charge in [0.05, 0.1) is 0 Å². The van der Waals surface area contributed by atoms with Crippen LogP contribution in [0.3, 0.4) is 0 Å². The maximum absolute atomic E-state index is 4.23. The van der Waals surface area contributed by atoms with Crippen molar-refractivity contribution in [3.05, 3.63) is 48.0 Å². The van der Waals surface area contributed by atoms with E-state index < -0.39 is 0 Å². The lowest BCUT2D eigenvalue weighted by atomic mass is 10.1. The van der Waals surface area contributed by atoms with E-state index in [0.717, 1.165) is 19.0 Å². The Balaban J connectivity index is 2.67. The van der Waals surface area contributed by atoms with Gasteiger partial charge in [0.1, 0.15) is 0 Å². The van der Waals surface area contributed by atoms with Gasteiger partial charge >= 0.3 is 0 Å². The molecule has 1 rings (SSSR count). The monoisotopic (exact) mass is 231 g/mol. The highest BCUT2D eigenvalue weighted by molar-refractivity contribution is 5.79. The van der Waals surface area contributed by atoms with Crippen molar-refractivity contribution in [2.45, 2.75) is 13.5 Å². The number of guanidine groups is 1. The highest BCUT2D eigenvalue weighted by Gasteiger charge is 2.06. The average Bonchev–Trinajstić information content (AvgIpc) is 2.33. The standard InChI is InChI=1S/C14H21N3/c1-5-10-16-14(15-3)17(4)11-13-9-7-6-8-12(13)2/h5-9H,1,10-11H2,2-4H3,(H,15,16). The second-order valence-electron chi connectivity index (χ2n) is 4.00. The summed E-state index contributed by atoms with van der Waals surface area (Å²) in [4.78, 5) is 6.34. The molecule has 0 spiro atoms.